The van der Waals surface area contributed by atoms with Gasteiger partial charge in [-0.3, -0.25) is 0 Å². The lowest BCUT2D eigenvalue weighted by atomic mass is 10.2. The second-order valence-electron chi connectivity index (χ2n) is 2.24. The van der Waals surface area contributed by atoms with Gasteiger partial charge in [0.2, 0.25) is 0 Å². The number of rotatable bonds is 0. The van der Waals surface area contributed by atoms with Gasteiger partial charge >= 0.3 is 0 Å². The van der Waals surface area contributed by atoms with Crippen molar-refractivity contribution in [2.24, 2.45) is 0 Å². The topological polar surface area (TPSA) is 24.1 Å². The normalized spacial score (nSPS) is 27.9. The molecule has 0 radical (unpaired) electrons. The minimum absolute atomic E-state index is 0.317. The van der Waals surface area contributed by atoms with Gasteiger partial charge in [-0.1, -0.05) is 6.08 Å². The van der Waals surface area contributed by atoms with Gasteiger partial charge in [-0.2, -0.15) is 0 Å². The minimum atomic E-state index is 0.317. The fourth-order valence-electron chi connectivity index (χ4n) is 1.08. The molecule has 0 aromatic rings. The summed E-state index contributed by atoms with van der Waals surface area (Å²) in [6, 6.07) is 0. The molecule has 2 aliphatic rings. The van der Waals surface area contributed by atoms with Crippen molar-refractivity contribution < 1.29 is 0 Å². The average molecular weight is 246 g/mol. The molecule has 0 saturated heterocycles. The molecule has 2 nitrogen and oxygen atoms in total. The van der Waals surface area contributed by atoms with Crippen LogP contribution in [0.25, 0.3) is 0 Å². The summed E-state index contributed by atoms with van der Waals surface area (Å²) in [4.78, 5) is 0. The van der Waals surface area contributed by atoms with Crippen LogP contribution < -0.4 is 10.6 Å². The molecular formula is C7H7IN2. The van der Waals surface area contributed by atoms with Crippen LogP contribution in [0.5, 0.6) is 0 Å². The molecule has 10 heavy (non-hydrogen) atoms. The molecule has 0 amide bonds. The highest BCUT2D eigenvalue weighted by molar-refractivity contribution is 14.1. The Morgan fingerprint density at radius 3 is 3.10 bits per heavy atom. The molecule has 0 aromatic carbocycles. The summed E-state index contributed by atoms with van der Waals surface area (Å²) in [5.74, 6) is 0. The zero-order valence-corrected chi connectivity index (χ0v) is 7.42. The van der Waals surface area contributed by atoms with Crippen molar-refractivity contribution in [2.75, 3.05) is 0 Å². The van der Waals surface area contributed by atoms with Crippen LogP contribution in [-0.2, 0) is 0 Å². The number of halogens is 1. The molecule has 2 N–H and O–H groups in total. The van der Waals surface area contributed by atoms with E-state index >= 15 is 0 Å². The summed E-state index contributed by atoms with van der Waals surface area (Å²) in [6.07, 6.45) is 8.43. The van der Waals surface area contributed by atoms with E-state index in [1.54, 1.807) is 0 Å². The van der Waals surface area contributed by atoms with E-state index in [0.717, 1.165) is 0 Å². The molecule has 2 aliphatic heterocycles. The summed E-state index contributed by atoms with van der Waals surface area (Å²) in [5.41, 5.74) is 1.34. The molecule has 0 spiro atoms. The second kappa shape index (κ2) is 2.30. The lowest BCUT2D eigenvalue weighted by molar-refractivity contribution is 0.634. The van der Waals surface area contributed by atoms with Gasteiger partial charge in [-0.05, 0) is 34.9 Å². The molecule has 2 heterocycles. The molecule has 2 rings (SSSR count). The highest BCUT2D eigenvalue weighted by Crippen LogP contribution is 2.25. The Balaban J connectivity index is 2.34. The first kappa shape index (κ1) is 6.27. The highest BCUT2D eigenvalue weighted by atomic mass is 127. The Morgan fingerprint density at radius 1 is 1.40 bits per heavy atom. The largest absolute Gasteiger partial charge is 0.368 e. The predicted octanol–water partition coefficient (Wildman–Crippen LogP) is 1.24. The second-order valence-corrected chi connectivity index (χ2v) is 3.40. The third-order valence-corrected chi connectivity index (χ3v) is 2.53. The van der Waals surface area contributed by atoms with Gasteiger partial charge in [0.05, 0.1) is 0 Å². The molecule has 3 heteroatoms. The maximum absolute atomic E-state index is 3.21. The van der Waals surface area contributed by atoms with E-state index < -0.39 is 0 Å². The molecule has 0 fully saturated rings. The fourth-order valence-corrected chi connectivity index (χ4v) is 1.76. The van der Waals surface area contributed by atoms with Crippen molar-refractivity contribution in [3.63, 3.8) is 0 Å². The van der Waals surface area contributed by atoms with Crippen LogP contribution in [-0.4, -0.2) is 6.17 Å². The first-order valence-electron chi connectivity index (χ1n) is 3.13. The van der Waals surface area contributed by atoms with Gasteiger partial charge in [0.15, 0.2) is 0 Å². The molecular weight excluding hydrogens is 239 g/mol. The summed E-state index contributed by atoms with van der Waals surface area (Å²) in [6.45, 7) is 0. The number of fused-ring (bicyclic) bond motifs is 1. The van der Waals surface area contributed by atoms with Gasteiger partial charge < -0.3 is 10.6 Å². The van der Waals surface area contributed by atoms with Crippen molar-refractivity contribution in [1.29, 1.82) is 0 Å². The van der Waals surface area contributed by atoms with Crippen LogP contribution in [0.3, 0.4) is 0 Å². The Hall–Kier alpha value is -0.450. The van der Waals surface area contributed by atoms with E-state index in [1.165, 1.54) is 9.15 Å². The van der Waals surface area contributed by atoms with E-state index in [2.05, 4.69) is 39.3 Å². The Morgan fingerprint density at radius 2 is 2.30 bits per heavy atom. The molecule has 0 aliphatic carbocycles. The van der Waals surface area contributed by atoms with Crippen LogP contribution in [0.15, 0.2) is 33.7 Å². The lowest BCUT2D eigenvalue weighted by Crippen LogP contribution is -2.35. The van der Waals surface area contributed by atoms with Crippen LogP contribution in [0.1, 0.15) is 0 Å². The van der Waals surface area contributed by atoms with Crippen LogP contribution in [0.4, 0.5) is 0 Å². The van der Waals surface area contributed by atoms with Gasteiger partial charge in [-0.25, -0.2) is 0 Å². The van der Waals surface area contributed by atoms with Crippen molar-refractivity contribution in [1.82, 2.24) is 10.6 Å². The molecule has 52 valence electrons. The van der Waals surface area contributed by atoms with E-state index in [9.17, 15) is 0 Å². The third-order valence-electron chi connectivity index (χ3n) is 1.60. The maximum atomic E-state index is 3.21. The predicted molar refractivity (Wildman–Crippen MR) is 49.4 cm³/mol. The van der Waals surface area contributed by atoms with Gasteiger partial charge in [0.1, 0.15) is 6.17 Å². The van der Waals surface area contributed by atoms with E-state index in [4.69, 9.17) is 0 Å². The Labute approximate surface area is 73.2 Å². The van der Waals surface area contributed by atoms with Crippen molar-refractivity contribution in [3.05, 3.63) is 33.7 Å². The third kappa shape index (κ3) is 0.847. The quantitative estimate of drug-likeness (QED) is 0.628. The standard InChI is InChI=1S/C7H7IN2/c8-6-4-10-7-5(6)2-1-3-9-7/h1-4,7,9-10H. The number of allylic oxidation sites excluding steroid dienone is 2. The number of hydrogen-bond acceptors (Lipinski definition) is 2. The highest BCUT2D eigenvalue weighted by Gasteiger charge is 2.20. The van der Waals surface area contributed by atoms with Crippen molar-refractivity contribution >= 4 is 22.6 Å². The van der Waals surface area contributed by atoms with Gasteiger partial charge in [-0.15, -0.1) is 0 Å². The molecule has 1 unspecified atom stereocenters. The van der Waals surface area contributed by atoms with E-state index in [0.29, 0.717) is 6.17 Å². The lowest BCUT2D eigenvalue weighted by Gasteiger charge is -2.16. The number of hydrogen-bond donors (Lipinski definition) is 2. The number of nitrogens with one attached hydrogen (secondary N) is 2. The Bertz CT molecular complexity index is 240. The smallest absolute Gasteiger partial charge is 0.123 e. The molecule has 0 aromatic heterocycles. The summed E-state index contributed by atoms with van der Waals surface area (Å²) >= 11 is 2.32. The van der Waals surface area contributed by atoms with Gasteiger partial charge in [0.25, 0.3) is 0 Å². The molecule has 0 bridgehead atoms. The van der Waals surface area contributed by atoms with Crippen molar-refractivity contribution in [3.8, 4) is 0 Å². The summed E-state index contributed by atoms with van der Waals surface area (Å²) in [7, 11) is 0. The van der Waals surface area contributed by atoms with E-state index in [1.807, 2.05) is 18.5 Å². The Kier molecular flexibility index (Phi) is 1.44. The zero-order valence-electron chi connectivity index (χ0n) is 5.26. The maximum Gasteiger partial charge on any atom is 0.123 e. The molecule has 1 atom stereocenters. The van der Waals surface area contributed by atoms with Crippen LogP contribution in [0, 0.1) is 0 Å². The number of dihydropyridines is 1. The zero-order chi connectivity index (χ0) is 6.97. The summed E-state index contributed by atoms with van der Waals surface area (Å²) < 4.78 is 1.29. The monoisotopic (exact) mass is 246 g/mol. The minimum Gasteiger partial charge on any atom is -0.368 e. The first-order valence-corrected chi connectivity index (χ1v) is 4.21. The van der Waals surface area contributed by atoms with Gasteiger partial charge in [0, 0.05) is 15.4 Å². The van der Waals surface area contributed by atoms with Crippen LogP contribution in [0.2, 0.25) is 0 Å². The average Bonchev–Trinajstić information content (AvgIpc) is 2.34. The van der Waals surface area contributed by atoms with E-state index in [-0.39, 0.29) is 0 Å². The van der Waals surface area contributed by atoms with Crippen LogP contribution >= 0.6 is 22.6 Å². The first-order chi connectivity index (χ1) is 4.88. The SMILES string of the molecule is IC1=CNC2NC=CC=C12. The van der Waals surface area contributed by atoms with Crippen molar-refractivity contribution in [2.45, 2.75) is 6.17 Å². The summed E-state index contributed by atoms with van der Waals surface area (Å²) in [5, 5.41) is 6.40. The fraction of sp³-hybridized carbons (Fsp3) is 0.143. The molecule has 0 saturated carbocycles.